The molecule has 0 spiro atoms. The first-order valence-corrected chi connectivity index (χ1v) is 11.9. The van der Waals surface area contributed by atoms with Gasteiger partial charge in [0, 0.05) is 42.8 Å². The minimum Gasteiger partial charge on any atom is -0.490 e. The highest BCUT2D eigenvalue weighted by atomic mass is 16.5. The average Bonchev–Trinajstić information content (AvgIpc) is 2.89. The first kappa shape index (κ1) is 23.5. The van der Waals surface area contributed by atoms with Gasteiger partial charge in [-0.1, -0.05) is 24.3 Å². The minimum atomic E-state index is -0.728. The first-order valence-electron chi connectivity index (χ1n) is 11.9. The predicted octanol–water partition coefficient (Wildman–Crippen LogP) is 3.65. The summed E-state index contributed by atoms with van der Waals surface area (Å²) in [5.74, 6) is 0.763. The Morgan fingerprint density at radius 1 is 1.03 bits per heavy atom. The number of hydrogen-bond donors (Lipinski definition) is 1. The fraction of sp³-hybridized carbons (Fsp3) is 0.259. The van der Waals surface area contributed by atoms with Crippen LogP contribution in [-0.2, 0) is 0 Å². The lowest BCUT2D eigenvalue weighted by Crippen LogP contribution is -2.44. The van der Waals surface area contributed by atoms with Crippen molar-refractivity contribution in [3.63, 3.8) is 0 Å². The smallest absolute Gasteiger partial charge is 0.349 e. The van der Waals surface area contributed by atoms with E-state index in [0.29, 0.717) is 34.7 Å². The molecule has 9 nitrogen and oxygen atoms in total. The van der Waals surface area contributed by atoms with Crippen molar-refractivity contribution in [2.45, 2.75) is 6.92 Å². The maximum atomic E-state index is 12.9. The van der Waals surface area contributed by atoms with E-state index in [1.165, 1.54) is 6.07 Å². The van der Waals surface area contributed by atoms with E-state index >= 15 is 0 Å². The van der Waals surface area contributed by atoms with Gasteiger partial charge < -0.3 is 24.3 Å². The lowest BCUT2D eigenvalue weighted by atomic mass is 10.1. The molecule has 0 unspecified atom stereocenters. The number of amides is 1. The summed E-state index contributed by atoms with van der Waals surface area (Å²) in [6, 6.07) is 18.0. The van der Waals surface area contributed by atoms with E-state index in [-0.39, 0.29) is 5.56 Å². The summed E-state index contributed by atoms with van der Waals surface area (Å²) in [6.45, 7) is 6.11. The number of anilines is 2. The maximum absolute atomic E-state index is 12.9. The molecular weight excluding hydrogens is 458 g/mol. The maximum Gasteiger partial charge on any atom is 0.349 e. The molecule has 0 radical (unpaired) electrons. The van der Waals surface area contributed by atoms with E-state index in [9.17, 15) is 9.59 Å². The molecule has 1 N–H and O–H groups in total. The highest BCUT2D eigenvalue weighted by Crippen LogP contribution is 2.26. The number of aromatic nitrogens is 2. The van der Waals surface area contributed by atoms with Crippen LogP contribution in [-0.4, -0.2) is 60.8 Å². The van der Waals surface area contributed by atoms with E-state index in [1.54, 1.807) is 30.3 Å². The number of para-hydroxylation sites is 1. The molecule has 1 aliphatic heterocycles. The van der Waals surface area contributed by atoms with Crippen LogP contribution >= 0.6 is 0 Å². The summed E-state index contributed by atoms with van der Waals surface area (Å²) < 4.78 is 11.0. The van der Waals surface area contributed by atoms with Crippen LogP contribution in [0.4, 0.5) is 11.5 Å². The molecule has 1 aliphatic rings. The number of piperazine rings is 1. The molecule has 1 fully saturated rings. The van der Waals surface area contributed by atoms with Crippen LogP contribution in [0.3, 0.4) is 0 Å². The van der Waals surface area contributed by atoms with Gasteiger partial charge in [-0.25, -0.2) is 4.79 Å². The molecule has 2 aromatic heterocycles. The molecule has 9 heteroatoms. The standard InChI is InChI=1S/C27H27N5O4/c1-3-35-23-9-5-7-19-17-21(27(34)36-25(19)23)26(33)28-20-8-4-6-18(16-20)22-10-11-24(30-29-22)32-14-12-31(2)13-15-32/h4-11,16-17H,3,12-15H2,1-2H3,(H,28,33). The number of benzene rings is 2. The number of likely N-dealkylation sites (N-methyl/N-ethyl adjacent to an activating group) is 1. The van der Waals surface area contributed by atoms with Crippen molar-refractivity contribution in [3.05, 3.63) is 76.6 Å². The summed E-state index contributed by atoms with van der Waals surface area (Å²) in [7, 11) is 2.11. The zero-order chi connectivity index (χ0) is 25.1. The van der Waals surface area contributed by atoms with Gasteiger partial charge >= 0.3 is 5.63 Å². The number of rotatable bonds is 6. The molecule has 4 aromatic rings. The van der Waals surface area contributed by atoms with Crippen molar-refractivity contribution in [2.75, 3.05) is 50.1 Å². The summed E-state index contributed by atoms with van der Waals surface area (Å²) >= 11 is 0. The van der Waals surface area contributed by atoms with Crippen LogP contribution in [0.5, 0.6) is 5.75 Å². The Morgan fingerprint density at radius 2 is 1.83 bits per heavy atom. The highest BCUT2D eigenvalue weighted by molar-refractivity contribution is 6.05. The van der Waals surface area contributed by atoms with Gasteiger partial charge in [0.05, 0.1) is 12.3 Å². The second-order valence-electron chi connectivity index (χ2n) is 8.66. The fourth-order valence-corrected chi connectivity index (χ4v) is 4.18. The second kappa shape index (κ2) is 10.2. The van der Waals surface area contributed by atoms with E-state index < -0.39 is 11.5 Å². The summed E-state index contributed by atoms with van der Waals surface area (Å²) in [6.07, 6.45) is 0. The van der Waals surface area contributed by atoms with Gasteiger partial charge in [0.25, 0.3) is 5.91 Å². The summed E-state index contributed by atoms with van der Waals surface area (Å²) in [4.78, 5) is 30.0. The summed E-state index contributed by atoms with van der Waals surface area (Å²) in [5.41, 5.74) is 1.54. The van der Waals surface area contributed by atoms with Gasteiger partial charge in [-0.2, -0.15) is 0 Å². The van der Waals surface area contributed by atoms with Gasteiger partial charge in [-0.15, -0.1) is 10.2 Å². The Labute approximate surface area is 208 Å². The van der Waals surface area contributed by atoms with Crippen molar-refractivity contribution < 1.29 is 13.9 Å². The average molecular weight is 486 g/mol. The van der Waals surface area contributed by atoms with Crippen LogP contribution in [0.2, 0.25) is 0 Å². The molecule has 5 rings (SSSR count). The molecule has 2 aromatic carbocycles. The lowest BCUT2D eigenvalue weighted by Gasteiger charge is -2.32. The number of ether oxygens (including phenoxy) is 1. The van der Waals surface area contributed by atoms with Crippen molar-refractivity contribution in [2.24, 2.45) is 0 Å². The van der Waals surface area contributed by atoms with Gasteiger partial charge in [-0.05, 0) is 50.4 Å². The predicted molar refractivity (Wildman–Crippen MR) is 139 cm³/mol. The van der Waals surface area contributed by atoms with Crippen LogP contribution in [0.1, 0.15) is 17.3 Å². The molecule has 0 aliphatic carbocycles. The quantitative estimate of drug-likeness (QED) is 0.413. The zero-order valence-corrected chi connectivity index (χ0v) is 20.2. The largest absolute Gasteiger partial charge is 0.490 e. The molecule has 3 heterocycles. The molecule has 184 valence electrons. The molecule has 1 amide bonds. The number of carbonyl (C=O) groups is 1. The van der Waals surface area contributed by atoms with Crippen molar-refractivity contribution in [3.8, 4) is 17.0 Å². The first-order chi connectivity index (χ1) is 17.5. The van der Waals surface area contributed by atoms with Crippen molar-refractivity contribution >= 4 is 28.4 Å². The van der Waals surface area contributed by atoms with Crippen LogP contribution in [0.15, 0.2) is 69.9 Å². The van der Waals surface area contributed by atoms with Gasteiger partial charge in [0.1, 0.15) is 5.56 Å². The molecule has 0 bridgehead atoms. The Morgan fingerprint density at radius 3 is 2.58 bits per heavy atom. The SMILES string of the molecule is CCOc1cccc2cc(C(=O)Nc3cccc(-c4ccc(N5CCN(C)CC5)nn4)c3)c(=O)oc12. The molecule has 1 saturated heterocycles. The second-order valence-corrected chi connectivity index (χ2v) is 8.66. The van der Waals surface area contributed by atoms with Crippen molar-refractivity contribution in [1.29, 1.82) is 0 Å². The van der Waals surface area contributed by atoms with Crippen LogP contribution < -0.4 is 20.6 Å². The third-order valence-corrected chi connectivity index (χ3v) is 6.16. The van der Waals surface area contributed by atoms with E-state index in [1.807, 2.05) is 31.2 Å². The molecule has 0 atom stereocenters. The Kier molecular flexibility index (Phi) is 6.64. The monoisotopic (exact) mass is 485 g/mol. The number of nitrogens with one attached hydrogen (secondary N) is 1. The molecule has 0 saturated carbocycles. The highest BCUT2D eigenvalue weighted by Gasteiger charge is 2.18. The number of carbonyl (C=O) groups excluding carboxylic acids is 1. The topological polar surface area (TPSA) is 101 Å². The van der Waals surface area contributed by atoms with E-state index in [4.69, 9.17) is 9.15 Å². The zero-order valence-electron chi connectivity index (χ0n) is 20.2. The van der Waals surface area contributed by atoms with E-state index in [0.717, 1.165) is 37.6 Å². The van der Waals surface area contributed by atoms with Gasteiger partial charge in [0.2, 0.25) is 0 Å². The normalized spacial score (nSPS) is 14.1. The van der Waals surface area contributed by atoms with Crippen LogP contribution in [0, 0.1) is 0 Å². The number of nitrogens with zero attached hydrogens (tertiary/aromatic N) is 4. The number of fused-ring (bicyclic) bond motifs is 1. The van der Waals surface area contributed by atoms with E-state index in [2.05, 4.69) is 32.4 Å². The van der Waals surface area contributed by atoms with Crippen LogP contribution in [0.25, 0.3) is 22.2 Å². The van der Waals surface area contributed by atoms with Crippen molar-refractivity contribution in [1.82, 2.24) is 15.1 Å². The Balaban J connectivity index is 1.34. The minimum absolute atomic E-state index is 0.0853. The lowest BCUT2D eigenvalue weighted by molar-refractivity contribution is 0.102. The third kappa shape index (κ3) is 4.92. The third-order valence-electron chi connectivity index (χ3n) is 6.16. The fourth-order valence-electron chi connectivity index (χ4n) is 4.18. The molecule has 36 heavy (non-hydrogen) atoms. The Hall–Kier alpha value is -4.24. The number of hydrogen-bond acceptors (Lipinski definition) is 8. The Bertz CT molecular complexity index is 1440. The van der Waals surface area contributed by atoms with Gasteiger partial charge in [-0.3, -0.25) is 4.79 Å². The van der Waals surface area contributed by atoms with Gasteiger partial charge in [0.15, 0.2) is 17.2 Å². The molecular formula is C27H27N5O4. The summed E-state index contributed by atoms with van der Waals surface area (Å²) in [5, 5.41) is 12.2.